The van der Waals surface area contributed by atoms with Crippen molar-refractivity contribution >= 4 is 16.8 Å². The molecule has 0 unspecified atom stereocenters. The number of ether oxygens (including phenoxy) is 1. The smallest absolute Gasteiger partial charge is 0.255 e. The number of benzene rings is 2. The summed E-state index contributed by atoms with van der Waals surface area (Å²) in [5.41, 5.74) is 3.67. The number of nitrogens with zero attached hydrogens (tertiary/aromatic N) is 6. The van der Waals surface area contributed by atoms with Gasteiger partial charge in [-0.2, -0.15) is 5.26 Å². The Kier molecular flexibility index (Phi) is 6.32. The van der Waals surface area contributed by atoms with E-state index in [0.29, 0.717) is 35.4 Å². The maximum absolute atomic E-state index is 13.0. The Morgan fingerprint density at radius 3 is 2.74 bits per heavy atom. The van der Waals surface area contributed by atoms with Gasteiger partial charge >= 0.3 is 0 Å². The molecule has 0 aliphatic carbocycles. The maximum Gasteiger partial charge on any atom is 0.255 e. The van der Waals surface area contributed by atoms with E-state index in [1.54, 1.807) is 41.4 Å². The molecule has 1 aliphatic rings. The molecule has 2 aromatic carbocycles. The summed E-state index contributed by atoms with van der Waals surface area (Å²) in [5, 5.41) is 12.7. The molecule has 1 aliphatic heterocycles. The Hall–Kier alpha value is -4.55. The molecule has 9 heteroatoms. The lowest BCUT2D eigenvalue weighted by molar-refractivity contribution is 0.214. The summed E-state index contributed by atoms with van der Waals surface area (Å²) in [6.45, 7) is 4.73. The summed E-state index contributed by atoms with van der Waals surface area (Å²) >= 11 is 0. The molecule has 1 saturated heterocycles. The number of nitriles is 1. The SMILES string of the molecule is C[C@H](c1cccc(-c2ncc(OCC3CCNCC3)cn2)c1)n1c(=O)ccn2c3cc(C#N)ccc3nc12. The van der Waals surface area contributed by atoms with Gasteiger partial charge in [-0.3, -0.25) is 13.8 Å². The summed E-state index contributed by atoms with van der Waals surface area (Å²) in [6.07, 6.45) is 7.38. The summed E-state index contributed by atoms with van der Waals surface area (Å²) in [6, 6.07) is 16.6. The van der Waals surface area contributed by atoms with E-state index in [2.05, 4.69) is 21.4 Å². The molecule has 0 spiro atoms. The number of rotatable bonds is 6. The number of aromatic nitrogens is 5. The van der Waals surface area contributed by atoms with Gasteiger partial charge in [-0.25, -0.2) is 15.0 Å². The highest BCUT2D eigenvalue weighted by atomic mass is 16.5. The lowest BCUT2D eigenvalue weighted by Gasteiger charge is -2.22. The van der Waals surface area contributed by atoms with Gasteiger partial charge in [0.25, 0.3) is 5.56 Å². The van der Waals surface area contributed by atoms with Gasteiger partial charge in [0, 0.05) is 17.8 Å². The van der Waals surface area contributed by atoms with Gasteiger partial charge in [0.1, 0.15) is 0 Å². The van der Waals surface area contributed by atoms with Crippen molar-refractivity contribution in [3.05, 3.63) is 88.6 Å². The van der Waals surface area contributed by atoms with E-state index in [9.17, 15) is 10.1 Å². The van der Waals surface area contributed by atoms with Crippen LogP contribution in [-0.4, -0.2) is 43.6 Å². The first-order valence-corrected chi connectivity index (χ1v) is 12.8. The molecule has 6 rings (SSSR count). The second-order valence-electron chi connectivity index (χ2n) is 9.67. The van der Waals surface area contributed by atoms with Crippen LogP contribution in [0.15, 0.2) is 71.9 Å². The molecule has 0 radical (unpaired) electrons. The van der Waals surface area contributed by atoms with E-state index in [0.717, 1.165) is 48.1 Å². The molecular formula is C29H27N7O2. The summed E-state index contributed by atoms with van der Waals surface area (Å²) < 4.78 is 9.45. The van der Waals surface area contributed by atoms with Crippen LogP contribution >= 0.6 is 0 Å². The van der Waals surface area contributed by atoms with E-state index < -0.39 is 0 Å². The van der Waals surface area contributed by atoms with Gasteiger partial charge in [-0.15, -0.1) is 0 Å². The standard InChI is InChI=1S/C29H27N7O2/c1-19(36-27(37)9-12-35-26-13-21(15-30)5-6-25(26)34-29(35)36)22-3-2-4-23(14-22)28-32-16-24(17-33-28)38-18-20-7-10-31-11-8-20/h2-6,9,12-14,16-17,19-20,31H,7-8,10-11,18H2,1H3/t19-/m1/s1. The summed E-state index contributed by atoms with van der Waals surface area (Å²) in [5.74, 6) is 2.34. The molecule has 1 fully saturated rings. The first kappa shape index (κ1) is 23.8. The highest BCUT2D eigenvalue weighted by Crippen LogP contribution is 2.26. The molecule has 0 saturated carbocycles. The maximum atomic E-state index is 13.0. The highest BCUT2D eigenvalue weighted by molar-refractivity contribution is 5.81. The summed E-state index contributed by atoms with van der Waals surface area (Å²) in [4.78, 5) is 26.8. The Morgan fingerprint density at radius 2 is 1.95 bits per heavy atom. The van der Waals surface area contributed by atoms with E-state index in [4.69, 9.17) is 9.72 Å². The number of nitrogens with one attached hydrogen (secondary N) is 1. The molecule has 3 aromatic heterocycles. The van der Waals surface area contributed by atoms with Crippen molar-refractivity contribution in [2.45, 2.75) is 25.8 Å². The van der Waals surface area contributed by atoms with Crippen molar-refractivity contribution in [3.63, 3.8) is 0 Å². The number of hydrogen-bond donors (Lipinski definition) is 1. The predicted octanol–water partition coefficient (Wildman–Crippen LogP) is 3.97. The average molecular weight is 506 g/mol. The van der Waals surface area contributed by atoms with E-state index in [-0.39, 0.29) is 11.6 Å². The number of fused-ring (bicyclic) bond motifs is 3. The fraction of sp³-hybridized carbons (Fsp3) is 0.276. The Bertz CT molecular complexity index is 1710. The third-order valence-corrected chi connectivity index (χ3v) is 7.21. The molecule has 0 amide bonds. The average Bonchev–Trinajstić information content (AvgIpc) is 3.34. The predicted molar refractivity (Wildman–Crippen MR) is 144 cm³/mol. The fourth-order valence-corrected chi connectivity index (χ4v) is 5.04. The fourth-order valence-electron chi connectivity index (χ4n) is 5.04. The Balaban J connectivity index is 1.28. The van der Waals surface area contributed by atoms with Gasteiger partial charge in [-0.05, 0) is 68.6 Å². The Morgan fingerprint density at radius 1 is 1.13 bits per heavy atom. The minimum Gasteiger partial charge on any atom is -0.490 e. The van der Waals surface area contributed by atoms with Crippen LogP contribution in [0.2, 0.25) is 0 Å². The van der Waals surface area contributed by atoms with E-state index in [1.807, 2.05) is 35.6 Å². The second-order valence-corrected chi connectivity index (χ2v) is 9.67. The number of imidazole rings is 1. The van der Waals surface area contributed by atoms with E-state index >= 15 is 0 Å². The van der Waals surface area contributed by atoms with Gasteiger partial charge in [-0.1, -0.05) is 18.2 Å². The lowest BCUT2D eigenvalue weighted by Crippen LogP contribution is -2.30. The molecule has 38 heavy (non-hydrogen) atoms. The zero-order valence-electron chi connectivity index (χ0n) is 21.0. The van der Waals surface area contributed by atoms with Crippen LogP contribution in [-0.2, 0) is 0 Å². The van der Waals surface area contributed by atoms with E-state index in [1.165, 1.54) is 6.07 Å². The largest absolute Gasteiger partial charge is 0.490 e. The third-order valence-electron chi connectivity index (χ3n) is 7.21. The van der Waals surface area contributed by atoms with Gasteiger partial charge in [0.05, 0.1) is 47.7 Å². The van der Waals surface area contributed by atoms with Crippen LogP contribution in [0.5, 0.6) is 5.75 Å². The minimum atomic E-state index is -0.300. The number of hydrogen-bond acceptors (Lipinski definition) is 7. The molecule has 9 nitrogen and oxygen atoms in total. The van der Waals surface area contributed by atoms with Gasteiger partial charge in [0.2, 0.25) is 5.78 Å². The molecule has 5 aromatic rings. The quantitative estimate of drug-likeness (QED) is 0.372. The van der Waals surface area contributed by atoms with Crippen LogP contribution in [0.3, 0.4) is 0 Å². The molecule has 1 N–H and O–H groups in total. The van der Waals surface area contributed by atoms with Crippen molar-refractivity contribution in [3.8, 4) is 23.2 Å². The second kappa shape index (κ2) is 10.1. The van der Waals surface area contributed by atoms with Crippen LogP contribution in [0.1, 0.15) is 36.9 Å². The van der Waals surface area contributed by atoms with Gasteiger partial charge in [0.15, 0.2) is 11.6 Å². The highest BCUT2D eigenvalue weighted by Gasteiger charge is 2.18. The molecule has 190 valence electrons. The van der Waals surface area contributed by atoms with Crippen molar-refractivity contribution in [1.82, 2.24) is 29.2 Å². The lowest BCUT2D eigenvalue weighted by atomic mass is 9.99. The monoisotopic (exact) mass is 505 g/mol. The van der Waals surface area contributed by atoms with Gasteiger partial charge < -0.3 is 10.1 Å². The zero-order chi connectivity index (χ0) is 26.1. The minimum absolute atomic E-state index is 0.155. The first-order valence-electron chi connectivity index (χ1n) is 12.8. The molecule has 1 atom stereocenters. The van der Waals surface area contributed by atoms with Crippen molar-refractivity contribution in [2.24, 2.45) is 5.92 Å². The van der Waals surface area contributed by atoms with Crippen LogP contribution in [0.4, 0.5) is 0 Å². The van der Waals surface area contributed by atoms with Crippen molar-refractivity contribution in [1.29, 1.82) is 5.26 Å². The normalized spacial score (nSPS) is 14.9. The molecular weight excluding hydrogens is 478 g/mol. The third kappa shape index (κ3) is 4.51. The van der Waals surface area contributed by atoms with Crippen LogP contribution in [0.25, 0.3) is 28.2 Å². The summed E-state index contributed by atoms with van der Waals surface area (Å²) in [7, 11) is 0. The van der Waals surface area contributed by atoms with Crippen LogP contribution in [0, 0.1) is 17.2 Å². The molecule has 4 heterocycles. The first-order chi connectivity index (χ1) is 18.6. The van der Waals surface area contributed by atoms with Crippen LogP contribution < -0.4 is 15.6 Å². The van der Waals surface area contributed by atoms with Crippen molar-refractivity contribution in [2.75, 3.05) is 19.7 Å². The Labute approximate surface area is 219 Å². The number of piperidine rings is 1. The molecule has 0 bridgehead atoms. The topological polar surface area (TPSA) is 110 Å². The zero-order valence-corrected chi connectivity index (χ0v) is 21.0. The van der Waals surface area contributed by atoms with Crippen molar-refractivity contribution < 1.29 is 4.74 Å².